The molecule has 1 aliphatic rings. The number of pyridine rings is 1. The number of aromatic nitrogens is 1. The van der Waals surface area contributed by atoms with Crippen LogP contribution in [0.2, 0.25) is 0 Å². The van der Waals surface area contributed by atoms with E-state index in [2.05, 4.69) is 48.2 Å². The lowest BCUT2D eigenvalue weighted by Crippen LogP contribution is -2.30. The monoisotopic (exact) mass is 335 g/mol. The maximum atomic E-state index is 11.8. The molecule has 0 aliphatic carbocycles. The number of nitrogens with one attached hydrogen (secondary N) is 1. The SMILES string of the molecule is O=C([NH][Al])c1cccc(N2CCc3c(cnc4ccsc34)C2)c1. The second-order valence-corrected chi connectivity index (χ2v) is 6.80. The largest absolute Gasteiger partial charge is 0.459 e. The number of benzene rings is 1. The molecular formula is C17H14AlN3OS. The molecule has 2 radical (unpaired) electrons. The van der Waals surface area contributed by atoms with Crippen LogP contribution in [0.1, 0.15) is 21.5 Å². The van der Waals surface area contributed by atoms with Crippen molar-refractivity contribution in [1.82, 2.24) is 9.28 Å². The van der Waals surface area contributed by atoms with E-state index < -0.39 is 0 Å². The van der Waals surface area contributed by atoms with E-state index in [0.717, 1.165) is 30.7 Å². The van der Waals surface area contributed by atoms with Crippen LogP contribution in [0.15, 0.2) is 41.9 Å². The summed E-state index contributed by atoms with van der Waals surface area (Å²) in [5.41, 5.74) is 5.57. The van der Waals surface area contributed by atoms with Gasteiger partial charge in [-0.1, -0.05) is 6.07 Å². The zero-order valence-electron chi connectivity index (χ0n) is 12.5. The minimum atomic E-state index is -0.0868. The van der Waals surface area contributed by atoms with Crippen LogP contribution in [-0.2, 0) is 13.0 Å². The molecule has 2 aromatic heterocycles. The highest BCUT2D eigenvalue weighted by molar-refractivity contribution is 7.17. The summed E-state index contributed by atoms with van der Waals surface area (Å²) in [6, 6.07) is 9.85. The first-order valence-electron chi connectivity index (χ1n) is 7.46. The predicted molar refractivity (Wildman–Crippen MR) is 94.0 cm³/mol. The first kappa shape index (κ1) is 14.7. The average molecular weight is 335 g/mol. The first-order chi connectivity index (χ1) is 11.3. The number of anilines is 1. The highest BCUT2D eigenvalue weighted by atomic mass is 32.1. The fourth-order valence-electron chi connectivity index (χ4n) is 3.09. The number of hydrogen-bond acceptors (Lipinski definition) is 4. The summed E-state index contributed by atoms with van der Waals surface area (Å²) in [6.45, 7) is 1.79. The van der Waals surface area contributed by atoms with Gasteiger partial charge in [0.2, 0.25) is 5.91 Å². The molecule has 112 valence electrons. The van der Waals surface area contributed by atoms with Crippen molar-refractivity contribution in [3.63, 3.8) is 0 Å². The number of hydrogen-bond donors (Lipinski definition) is 1. The van der Waals surface area contributed by atoms with Crippen molar-refractivity contribution in [2.75, 3.05) is 11.4 Å². The number of nitrogens with zero attached hydrogens (tertiary/aromatic N) is 2. The van der Waals surface area contributed by atoms with Crippen LogP contribution in [0, 0.1) is 0 Å². The van der Waals surface area contributed by atoms with E-state index >= 15 is 0 Å². The van der Waals surface area contributed by atoms with Crippen molar-refractivity contribution in [3.8, 4) is 0 Å². The third kappa shape index (κ3) is 2.63. The quantitative estimate of drug-likeness (QED) is 0.733. The van der Waals surface area contributed by atoms with Crippen molar-refractivity contribution in [2.24, 2.45) is 0 Å². The Morgan fingerprint density at radius 3 is 3.13 bits per heavy atom. The molecule has 3 heterocycles. The second kappa shape index (κ2) is 5.97. The maximum absolute atomic E-state index is 11.8. The van der Waals surface area contributed by atoms with E-state index in [1.165, 1.54) is 15.8 Å². The summed E-state index contributed by atoms with van der Waals surface area (Å²) in [6.07, 6.45) is 3.00. The van der Waals surface area contributed by atoms with E-state index in [9.17, 15) is 4.79 Å². The molecule has 0 unspecified atom stereocenters. The Bertz CT molecular complexity index is 892. The molecular weight excluding hydrogens is 321 g/mol. The molecule has 0 fully saturated rings. The third-order valence-electron chi connectivity index (χ3n) is 4.26. The smallest absolute Gasteiger partial charge is 0.310 e. The van der Waals surface area contributed by atoms with Gasteiger partial charge in [0, 0.05) is 30.5 Å². The minimum Gasteiger partial charge on any atom is -0.459 e. The van der Waals surface area contributed by atoms with E-state index in [1.54, 1.807) is 11.3 Å². The Hall–Kier alpha value is -1.87. The summed E-state index contributed by atoms with van der Waals surface area (Å²) in [7, 11) is 0. The van der Waals surface area contributed by atoms with Crippen LogP contribution in [0.4, 0.5) is 5.69 Å². The van der Waals surface area contributed by atoms with Crippen LogP contribution in [0.5, 0.6) is 0 Å². The summed E-state index contributed by atoms with van der Waals surface area (Å²) >= 11 is 4.02. The molecule has 0 saturated carbocycles. The van der Waals surface area contributed by atoms with Crippen molar-refractivity contribution in [2.45, 2.75) is 13.0 Å². The highest BCUT2D eigenvalue weighted by Gasteiger charge is 2.20. The lowest BCUT2D eigenvalue weighted by molar-refractivity contribution is 0.0981. The Kier molecular flexibility index (Phi) is 3.82. The minimum absolute atomic E-state index is 0.0868. The molecule has 23 heavy (non-hydrogen) atoms. The molecule has 0 spiro atoms. The Labute approximate surface area is 146 Å². The van der Waals surface area contributed by atoms with Gasteiger partial charge in [-0.2, -0.15) is 0 Å². The van der Waals surface area contributed by atoms with Crippen molar-refractivity contribution >= 4 is 49.7 Å². The Balaban J connectivity index is 1.66. The highest BCUT2D eigenvalue weighted by Crippen LogP contribution is 2.31. The molecule has 4 nitrogen and oxygen atoms in total. The van der Waals surface area contributed by atoms with Gasteiger partial charge in [0.05, 0.1) is 10.2 Å². The predicted octanol–water partition coefficient (Wildman–Crippen LogP) is 2.67. The summed E-state index contributed by atoms with van der Waals surface area (Å²) < 4.78 is 3.91. The molecule has 0 saturated heterocycles. The van der Waals surface area contributed by atoms with Crippen LogP contribution in [-0.4, -0.2) is 33.9 Å². The molecule has 3 aromatic rings. The van der Waals surface area contributed by atoms with Crippen LogP contribution in [0.25, 0.3) is 10.2 Å². The fraction of sp³-hybridized carbons (Fsp3) is 0.176. The van der Waals surface area contributed by atoms with Gasteiger partial charge in [0.1, 0.15) is 0 Å². The molecule has 1 amide bonds. The van der Waals surface area contributed by atoms with Crippen molar-refractivity contribution in [3.05, 3.63) is 58.6 Å². The molecule has 4 rings (SSSR count). The normalized spacial score (nSPS) is 13.8. The van der Waals surface area contributed by atoms with Gasteiger partial charge in [0.25, 0.3) is 0 Å². The number of carbonyl (C=O) groups excluding carboxylic acids is 1. The van der Waals surface area contributed by atoms with Gasteiger partial charge in [-0.25, -0.2) is 0 Å². The standard InChI is InChI=1S/C17H15N3OS.Al/c18-17(21)11-2-1-3-13(8-11)20-6-4-14-12(10-20)9-19-15-5-7-22-16(14)15;/h1-3,5,7-9H,4,6,10H2,(H2,18,21);/q;+1/p-1. The third-order valence-corrected chi connectivity index (χ3v) is 5.49. The Morgan fingerprint density at radius 2 is 2.26 bits per heavy atom. The van der Waals surface area contributed by atoms with Crippen molar-refractivity contribution < 1.29 is 4.79 Å². The topological polar surface area (TPSA) is 45.2 Å². The molecule has 0 atom stereocenters. The number of fused-ring (bicyclic) bond motifs is 3. The number of carbonyl (C=O) groups is 1. The number of thiophene rings is 1. The Morgan fingerprint density at radius 1 is 1.35 bits per heavy atom. The van der Waals surface area contributed by atoms with Gasteiger partial charge >= 0.3 is 16.5 Å². The molecule has 1 aliphatic heterocycles. The molecule has 0 bridgehead atoms. The van der Waals surface area contributed by atoms with E-state index in [1.807, 2.05) is 24.4 Å². The van der Waals surface area contributed by atoms with E-state index in [0.29, 0.717) is 5.56 Å². The maximum Gasteiger partial charge on any atom is 0.310 e. The van der Waals surface area contributed by atoms with Gasteiger partial charge in [-0.15, -0.1) is 11.3 Å². The molecule has 1 aromatic carbocycles. The number of amides is 1. The zero-order valence-corrected chi connectivity index (χ0v) is 14.4. The number of rotatable bonds is 2. The lowest BCUT2D eigenvalue weighted by Gasteiger charge is -2.31. The average Bonchev–Trinajstić information content (AvgIpc) is 3.09. The van der Waals surface area contributed by atoms with Crippen molar-refractivity contribution in [1.29, 1.82) is 0 Å². The molecule has 1 N–H and O–H groups in total. The van der Waals surface area contributed by atoms with E-state index in [-0.39, 0.29) is 5.91 Å². The first-order valence-corrected chi connectivity index (χ1v) is 8.92. The van der Waals surface area contributed by atoms with Gasteiger partial charge in [-0.3, -0.25) is 9.78 Å². The summed E-state index contributed by atoms with van der Waals surface area (Å²) in [5, 5.41) is 2.11. The summed E-state index contributed by atoms with van der Waals surface area (Å²) in [4.78, 5) is 18.7. The lowest BCUT2D eigenvalue weighted by atomic mass is 10.0. The second-order valence-electron chi connectivity index (χ2n) is 5.59. The van der Waals surface area contributed by atoms with Gasteiger partial charge in [-0.05, 0) is 47.2 Å². The van der Waals surface area contributed by atoms with Crippen LogP contribution in [0.3, 0.4) is 0 Å². The van der Waals surface area contributed by atoms with Gasteiger partial charge in [0.15, 0.2) is 0 Å². The van der Waals surface area contributed by atoms with Crippen LogP contribution < -0.4 is 9.20 Å². The van der Waals surface area contributed by atoms with Gasteiger partial charge < -0.3 is 9.20 Å². The zero-order chi connectivity index (χ0) is 15.8. The summed E-state index contributed by atoms with van der Waals surface area (Å²) in [5.74, 6) is -0.0868. The van der Waals surface area contributed by atoms with E-state index in [4.69, 9.17) is 0 Å². The molecule has 6 heteroatoms. The van der Waals surface area contributed by atoms with Crippen LogP contribution >= 0.6 is 11.3 Å². The fourth-order valence-corrected chi connectivity index (χ4v) is 4.21.